The Morgan fingerprint density at radius 3 is 1.17 bits per heavy atom. The molecule has 1 aromatic heterocycles. The van der Waals surface area contributed by atoms with Gasteiger partial charge in [0, 0.05) is 43.8 Å². The smallest absolute Gasteiger partial charge is 0.313 e. The van der Waals surface area contributed by atoms with Gasteiger partial charge in [0.15, 0.2) is 5.76 Å². The number of fused-ring (bicyclic) bond motifs is 3. The van der Waals surface area contributed by atoms with Crippen LogP contribution >= 0.6 is 11.6 Å². The van der Waals surface area contributed by atoms with E-state index in [0.717, 1.165) is 19.6 Å². The first kappa shape index (κ1) is 90.8. The highest BCUT2D eigenvalue weighted by Crippen LogP contribution is 2.36. The van der Waals surface area contributed by atoms with Gasteiger partial charge in [0.2, 0.25) is 29.5 Å². The maximum atomic E-state index is 13.7. The number of hydrogen-bond acceptors (Lipinski definition) is 24. The number of amides is 13. The fourth-order valence-corrected chi connectivity index (χ4v) is 12.0. The molecule has 6 aromatic rings. The van der Waals surface area contributed by atoms with Gasteiger partial charge < -0.3 is 80.6 Å². The zero-order valence-corrected chi connectivity index (χ0v) is 63.2. The molecule has 13 amide bonds. The number of methoxy groups -OCH3 is 1. The van der Waals surface area contributed by atoms with Crippen molar-refractivity contribution >= 4 is 176 Å². The summed E-state index contributed by atoms with van der Waals surface area (Å²) in [6.07, 6.45) is 1.75. The van der Waals surface area contributed by atoms with Gasteiger partial charge in [0.05, 0.1) is 90.8 Å². The number of aliphatic hydroxyl groups excluding tert-OH is 1. The van der Waals surface area contributed by atoms with Gasteiger partial charge in [-0.3, -0.25) is 101 Å². The number of nitrogens with one attached hydrogen (secondary N) is 7. The molecule has 5 aromatic carbocycles. The van der Waals surface area contributed by atoms with Crippen LogP contribution in [0.15, 0.2) is 144 Å². The molecule has 3 aliphatic rings. The molecule has 0 saturated carbocycles. The Morgan fingerprint density at radius 1 is 0.466 bits per heavy atom. The van der Waals surface area contributed by atoms with E-state index in [9.17, 15) is 106 Å². The monoisotopic (exact) mass is 1620 g/mol. The molecule has 8 N–H and O–H groups in total. The molecule has 6 atom stereocenters. The zero-order valence-electron chi connectivity index (χ0n) is 62.4. The number of ketones is 5. The van der Waals surface area contributed by atoms with E-state index in [2.05, 4.69) is 37.2 Å². The van der Waals surface area contributed by atoms with Gasteiger partial charge in [-0.05, 0) is 106 Å². The van der Waals surface area contributed by atoms with Gasteiger partial charge in [0.25, 0.3) is 47.0 Å². The molecule has 0 radical (unpaired) electrons. The number of carbonyl (C=O) groups excluding carboxylic acids is 21. The number of aliphatic hydroxyl groups is 1. The number of furan rings is 1. The summed E-state index contributed by atoms with van der Waals surface area (Å²) in [4.78, 5) is 268. The second-order valence-electron chi connectivity index (χ2n) is 25.7. The maximum absolute atomic E-state index is 13.7. The largest absolute Gasteiger partial charge is 0.496 e. The lowest BCUT2D eigenvalue weighted by Gasteiger charge is -2.25. The van der Waals surface area contributed by atoms with Crippen LogP contribution in [0.5, 0.6) is 5.75 Å². The summed E-state index contributed by atoms with van der Waals surface area (Å²) in [5.41, 5.74) is 1.49. The average Bonchev–Trinajstić information content (AvgIpc) is 1.64. The van der Waals surface area contributed by atoms with Crippen molar-refractivity contribution in [1.82, 2.24) is 31.9 Å². The Bertz CT molecular complexity index is 4800. The fraction of sp³-hybridized carbons (Fsp3) is 0.295. The van der Waals surface area contributed by atoms with E-state index in [-0.39, 0.29) is 103 Å². The molecule has 116 heavy (non-hydrogen) atoms. The van der Waals surface area contributed by atoms with Crippen LogP contribution in [0.2, 0.25) is 5.02 Å². The number of ether oxygens (including phenoxy) is 1. The standard InChI is InChI=1S/C27H28N4O9.C26H26ClN5O7.C24H24N4O8.CH4/c1-16(34)11-17(14-32)28-23(35)13-31-21-9-5-4-8-20(21)30(24(36)15-33)12-19(27(31)39)29-26(38)25(37)18-7-3-6-10-22(18)40-2;1-15(34)11-19(14-33)28-23(36)13-32-22-6-4-3-5-21(22)31(16(2)35)12-20(26(32)39)30-25(38)24(37)29-18-9-7-17(27)8-10-18;1-14(30)10-16(13-29)25-21(32)12-28-19-7-4-3-6-18(19)27(15(2)31)11-17(24(28)35)26-23(34)22(33)20-8-5-9-36-20;/h3-10,14,17,19,33H,11-13,15H2,1-2H3,(H,28,35)(H,29,38);3-10,14,19-20H,11-13H2,1-2H3,(H,28,36)(H,29,37)(H,30,38);3-9,13,16-17H,10-12H2,1-2H3,(H,25,32)(H,26,34);1H4/t17-,19-;19-,20-;16-,17-;/m000./s1. The lowest BCUT2D eigenvalue weighted by Crippen LogP contribution is -2.56. The number of hydrogen-bond donors (Lipinski definition) is 8. The summed E-state index contributed by atoms with van der Waals surface area (Å²) in [6, 6.07) is 25.7. The molecule has 0 spiro atoms. The molecule has 610 valence electrons. The first-order chi connectivity index (χ1) is 54.7. The first-order valence-electron chi connectivity index (χ1n) is 34.9. The molecule has 9 rings (SSSR count). The van der Waals surface area contributed by atoms with Crippen molar-refractivity contribution < 1.29 is 115 Å². The summed E-state index contributed by atoms with van der Waals surface area (Å²) < 4.78 is 10.1. The van der Waals surface area contributed by atoms with Crippen molar-refractivity contribution in [2.45, 2.75) is 97.6 Å². The molecule has 0 fully saturated rings. The molecule has 4 heterocycles. The highest BCUT2D eigenvalue weighted by molar-refractivity contribution is 6.44. The molecule has 0 saturated heterocycles. The second kappa shape index (κ2) is 42.5. The predicted octanol–water partition coefficient (Wildman–Crippen LogP) is 0.869. The van der Waals surface area contributed by atoms with Crippen molar-refractivity contribution in [2.75, 3.05) is 87.7 Å². The van der Waals surface area contributed by atoms with Gasteiger partial charge in [-0.2, -0.15) is 0 Å². The van der Waals surface area contributed by atoms with Crippen LogP contribution < -0.4 is 71.4 Å². The normalized spacial score (nSPS) is 15.3. The van der Waals surface area contributed by atoms with Gasteiger partial charge in [0.1, 0.15) is 86.3 Å². The van der Waals surface area contributed by atoms with Crippen molar-refractivity contribution in [1.29, 1.82) is 0 Å². The minimum Gasteiger partial charge on any atom is -0.496 e. The Balaban J connectivity index is 0.000000270. The van der Waals surface area contributed by atoms with Gasteiger partial charge >= 0.3 is 11.8 Å². The average molecular weight is 1620 g/mol. The fourth-order valence-electron chi connectivity index (χ4n) is 11.9. The Morgan fingerprint density at radius 2 is 0.819 bits per heavy atom. The third-order valence-electron chi connectivity index (χ3n) is 17.1. The van der Waals surface area contributed by atoms with Gasteiger partial charge in [-0.1, -0.05) is 67.6 Å². The van der Waals surface area contributed by atoms with Crippen LogP contribution in [-0.2, 0) is 91.1 Å². The molecule has 38 heteroatoms. The Kier molecular flexibility index (Phi) is 33.3. The minimum absolute atomic E-state index is 0. The van der Waals surface area contributed by atoms with E-state index in [1.54, 1.807) is 54.6 Å². The van der Waals surface area contributed by atoms with Gasteiger partial charge in [-0.25, -0.2) is 0 Å². The molecule has 0 aliphatic carbocycles. The molecule has 37 nitrogen and oxygen atoms in total. The van der Waals surface area contributed by atoms with Crippen molar-refractivity contribution in [3.05, 3.63) is 156 Å². The molecule has 0 unspecified atom stereocenters. The van der Waals surface area contributed by atoms with Crippen LogP contribution in [0.3, 0.4) is 0 Å². The quantitative estimate of drug-likeness (QED) is 0.0192. The minimum atomic E-state index is -1.51. The van der Waals surface area contributed by atoms with Crippen LogP contribution in [-0.4, -0.2) is 219 Å². The van der Waals surface area contributed by atoms with E-state index in [4.69, 9.17) is 20.8 Å². The maximum Gasteiger partial charge on any atom is 0.313 e. The lowest BCUT2D eigenvalue weighted by atomic mass is 10.1. The number of para-hydroxylation sites is 7. The highest BCUT2D eigenvalue weighted by Gasteiger charge is 2.42. The summed E-state index contributed by atoms with van der Waals surface area (Å²) in [5, 5.41) is 26.6. The van der Waals surface area contributed by atoms with Crippen molar-refractivity contribution in [3.8, 4) is 5.75 Å². The van der Waals surface area contributed by atoms with Crippen LogP contribution in [0.4, 0.5) is 39.8 Å². The zero-order chi connectivity index (χ0) is 84.5. The van der Waals surface area contributed by atoms with Crippen molar-refractivity contribution in [2.24, 2.45) is 0 Å². The molecule has 0 bridgehead atoms. The Labute approximate surface area is 667 Å². The first-order valence-corrected chi connectivity index (χ1v) is 35.3. The summed E-state index contributed by atoms with van der Waals surface area (Å²) in [6.45, 7) is 2.51. The van der Waals surface area contributed by atoms with Gasteiger partial charge in [-0.15, -0.1) is 0 Å². The molecule has 3 aliphatic heterocycles. The van der Waals surface area contributed by atoms with Crippen LogP contribution in [0.1, 0.15) is 82.2 Å². The molecular formula is C78H82ClN13O24. The van der Waals surface area contributed by atoms with E-state index in [0.29, 0.717) is 35.3 Å². The Hall–Kier alpha value is -14.1. The predicted molar refractivity (Wildman–Crippen MR) is 415 cm³/mol. The van der Waals surface area contributed by atoms with Crippen LogP contribution in [0.25, 0.3) is 0 Å². The SMILES string of the molecule is C.CC(=O)C[C@@H](C=O)NC(=O)CN1C(=O)[C@@H](NC(=O)C(=O)Nc2ccc(Cl)cc2)CN(C(C)=O)c2ccccc21.CC(=O)C[C@@H](C=O)NC(=O)CN1C(=O)[C@@H](NC(=O)C(=O)c2ccco2)CN(C(C)=O)c2ccccc21.COc1ccccc1C(=O)C(=O)N[C@H]1CN(C(=O)CO)c2ccccc2N(CC(=O)N[C@H](C=O)CC(C)=O)C1=O. The topological polar surface area (TPSA) is 505 Å². The second-order valence-corrected chi connectivity index (χ2v) is 26.1. The number of Topliss-reactive ketones (excluding diaryl/α,β-unsaturated/α-hetero) is 5. The number of carbonyl (C=O) groups is 21. The summed E-state index contributed by atoms with van der Waals surface area (Å²) >= 11 is 5.83. The summed E-state index contributed by atoms with van der Waals surface area (Å²) in [7, 11) is 1.32. The number of nitrogens with zero attached hydrogens (tertiary/aromatic N) is 6. The van der Waals surface area contributed by atoms with E-state index in [1.807, 2.05) is 0 Å². The highest BCUT2D eigenvalue weighted by atomic mass is 35.5. The number of benzene rings is 5. The number of anilines is 7. The lowest BCUT2D eigenvalue weighted by molar-refractivity contribution is -0.137. The molecular weight excluding hydrogens is 1540 g/mol. The summed E-state index contributed by atoms with van der Waals surface area (Å²) in [5.74, 6) is -14.0. The van der Waals surface area contributed by atoms with E-state index >= 15 is 0 Å². The van der Waals surface area contributed by atoms with E-state index < -0.39 is 157 Å². The number of rotatable bonds is 28. The number of aldehydes is 3. The van der Waals surface area contributed by atoms with Crippen molar-refractivity contribution in [3.63, 3.8) is 0 Å². The van der Waals surface area contributed by atoms with Crippen LogP contribution in [0, 0.1) is 0 Å². The third-order valence-corrected chi connectivity index (χ3v) is 17.3. The van der Waals surface area contributed by atoms with E-state index in [1.165, 1.54) is 137 Å². The number of halogens is 1. The third kappa shape index (κ3) is 24.2.